The van der Waals surface area contributed by atoms with Crippen LogP contribution in [0, 0.1) is 17.1 Å². The van der Waals surface area contributed by atoms with E-state index in [9.17, 15) is 4.39 Å². The molecule has 0 bridgehead atoms. The lowest BCUT2D eigenvalue weighted by molar-refractivity contribution is 0.228. The van der Waals surface area contributed by atoms with E-state index in [0.29, 0.717) is 24.2 Å². The predicted octanol–water partition coefficient (Wildman–Crippen LogP) is 2.41. The van der Waals surface area contributed by atoms with Gasteiger partial charge < -0.3 is 5.32 Å². The molecule has 1 N–H and O–H groups in total. The number of nitriles is 1. The Morgan fingerprint density at radius 2 is 2.20 bits per heavy atom. The van der Waals surface area contributed by atoms with Gasteiger partial charge in [0.25, 0.3) is 0 Å². The van der Waals surface area contributed by atoms with E-state index in [2.05, 4.69) is 10.2 Å². The van der Waals surface area contributed by atoms with E-state index >= 15 is 0 Å². The van der Waals surface area contributed by atoms with Crippen molar-refractivity contribution in [1.82, 2.24) is 10.2 Å². The van der Waals surface area contributed by atoms with E-state index in [1.165, 1.54) is 25.7 Å². The first-order valence-electron chi connectivity index (χ1n) is 7.43. The fourth-order valence-electron chi connectivity index (χ4n) is 2.99. The van der Waals surface area contributed by atoms with Gasteiger partial charge >= 0.3 is 0 Å². The van der Waals surface area contributed by atoms with Crippen molar-refractivity contribution < 1.29 is 4.39 Å². The Bertz CT molecular complexity index is 513. The highest BCUT2D eigenvalue weighted by Gasteiger charge is 2.31. The van der Waals surface area contributed by atoms with Crippen LogP contribution in [0.15, 0.2) is 18.2 Å². The van der Waals surface area contributed by atoms with Gasteiger partial charge in [-0.1, -0.05) is 12.1 Å². The summed E-state index contributed by atoms with van der Waals surface area (Å²) < 4.78 is 14.2. The van der Waals surface area contributed by atoms with Gasteiger partial charge in [-0.05, 0) is 38.3 Å². The SMILES string of the molecule is N#Cc1cccc(CN(CC2CCCN2)C2CC2)c1F. The molecule has 0 aromatic heterocycles. The lowest BCUT2D eigenvalue weighted by Crippen LogP contribution is -2.38. The Morgan fingerprint density at radius 1 is 1.35 bits per heavy atom. The number of hydrogen-bond acceptors (Lipinski definition) is 3. The van der Waals surface area contributed by atoms with Gasteiger partial charge in [0, 0.05) is 30.7 Å². The van der Waals surface area contributed by atoms with Crippen LogP contribution >= 0.6 is 0 Å². The molecule has 2 fully saturated rings. The molecule has 0 amide bonds. The van der Waals surface area contributed by atoms with Crippen molar-refractivity contribution in [3.63, 3.8) is 0 Å². The van der Waals surface area contributed by atoms with Gasteiger partial charge in [-0.2, -0.15) is 5.26 Å². The molecule has 1 atom stereocenters. The summed E-state index contributed by atoms with van der Waals surface area (Å²) in [6.07, 6.45) is 4.88. The van der Waals surface area contributed by atoms with Crippen LogP contribution < -0.4 is 5.32 Å². The van der Waals surface area contributed by atoms with E-state index in [4.69, 9.17) is 5.26 Å². The molecule has 106 valence electrons. The second-order valence-electron chi connectivity index (χ2n) is 5.84. The Kier molecular flexibility index (Phi) is 4.00. The highest BCUT2D eigenvalue weighted by molar-refractivity contribution is 5.35. The molecule has 0 spiro atoms. The lowest BCUT2D eigenvalue weighted by atomic mass is 10.1. The number of hydrogen-bond donors (Lipinski definition) is 1. The van der Waals surface area contributed by atoms with Gasteiger partial charge in [-0.3, -0.25) is 4.90 Å². The van der Waals surface area contributed by atoms with Crippen LogP contribution in [0.5, 0.6) is 0 Å². The van der Waals surface area contributed by atoms with Crippen molar-refractivity contribution in [3.05, 3.63) is 35.1 Å². The molecule has 1 aliphatic heterocycles. The monoisotopic (exact) mass is 273 g/mol. The maximum absolute atomic E-state index is 14.2. The Hall–Kier alpha value is -1.44. The molecule has 0 radical (unpaired) electrons. The minimum absolute atomic E-state index is 0.150. The molecule has 1 saturated carbocycles. The number of nitrogens with zero attached hydrogens (tertiary/aromatic N) is 2. The van der Waals surface area contributed by atoms with E-state index in [1.807, 2.05) is 6.07 Å². The summed E-state index contributed by atoms with van der Waals surface area (Å²) in [7, 11) is 0. The number of benzene rings is 1. The van der Waals surface area contributed by atoms with Crippen molar-refractivity contribution in [1.29, 1.82) is 5.26 Å². The summed E-state index contributed by atoms with van der Waals surface area (Å²) in [6.45, 7) is 2.70. The molecule has 1 unspecified atom stereocenters. The summed E-state index contributed by atoms with van der Waals surface area (Å²) in [5.41, 5.74) is 0.797. The first-order chi connectivity index (χ1) is 9.78. The van der Waals surface area contributed by atoms with Gasteiger partial charge in [-0.25, -0.2) is 4.39 Å². The van der Waals surface area contributed by atoms with Crippen LogP contribution in [0.2, 0.25) is 0 Å². The molecule has 1 aromatic rings. The first kappa shape index (κ1) is 13.5. The minimum Gasteiger partial charge on any atom is -0.313 e. The molecular formula is C16H20FN3. The normalized spacial score (nSPS) is 22.1. The zero-order valence-corrected chi connectivity index (χ0v) is 11.6. The largest absolute Gasteiger partial charge is 0.313 e. The molecule has 1 saturated heterocycles. The molecule has 2 aliphatic rings. The standard InChI is InChI=1S/C16H20FN3/c17-16-12(9-18)3-1-4-13(16)10-20(15-6-7-15)11-14-5-2-8-19-14/h1,3-4,14-15,19H,2,5-8,10-11H2. The fourth-order valence-corrected chi connectivity index (χ4v) is 2.99. The number of nitrogens with one attached hydrogen (secondary N) is 1. The van der Waals surface area contributed by atoms with Crippen molar-refractivity contribution >= 4 is 0 Å². The number of rotatable bonds is 5. The van der Waals surface area contributed by atoms with E-state index in [-0.39, 0.29) is 11.4 Å². The summed E-state index contributed by atoms with van der Waals surface area (Å²) in [4.78, 5) is 2.38. The third-order valence-corrected chi connectivity index (χ3v) is 4.25. The summed E-state index contributed by atoms with van der Waals surface area (Å²) >= 11 is 0. The van der Waals surface area contributed by atoms with Crippen LogP contribution in [0.25, 0.3) is 0 Å². The van der Waals surface area contributed by atoms with Gasteiger partial charge in [-0.15, -0.1) is 0 Å². The predicted molar refractivity (Wildman–Crippen MR) is 75.6 cm³/mol. The van der Waals surface area contributed by atoms with Gasteiger partial charge in [0.2, 0.25) is 0 Å². The third kappa shape index (κ3) is 3.00. The minimum atomic E-state index is -0.347. The Labute approximate surface area is 119 Å². The van der Waals surface area contributed by atoms with E-state index in [1.54, 1.807) is 18.2 Å². The van der Waals surface area contributed by atoms with Gasteiger partial charge in [0.1, 0.15) is 11.9 Å². The van der Waals surface area contributed by atoms with Crippen molar-refractivity contribution in [2.24, 2.45) is 0 Å². The van der Waals surface area contributed by atoms with Crippen molar-refractivity contribution in [3.8, 4) is 6.07 Å². The van der Waals surface area contributed by atoms with Crippen molar-refractivity contribution in [2.75, 3.05) is 13.1 Å². The molecule has 3 nitrogen and oxygen atoms in total. The average Bonchev–Trinajstić information content (AvgIpc) is 3.18. The second kappa shape index (κ2) is 5.90. The van der Waals surface area contributed by atoms with Gasteiger partial charge in [0.15, 0.2) is 0 Å². The zero-order valence-electron chi connectivity index (χ0n) is 11.6. The van der Waals surface area contributed by atoms with E-state index < -0.39 is 0 Å². The maximum atomic E-state index is 14.2. The topological polar surface area (TPSA) is 39.1 Å². The summed E-state index contributed by atoms with van der Waals surface area (Å²) in [5, 5.41) is 12.4. The molecule has 20 heavy (non-hydrogen) atoms. The molecule has 1 heterocycles. The van der Waals surface area contributed by atoms with Crippen LogP contribution in [0.4, 0.5) is 4.39 Å². The smallest absolute Gasteiger partial charge is 0.145 e. The fraction of sp³-hybridized carbons (Fsp3) is 0.562. The second-order valence-corrected chi connectivity index (χ2v) is 5.84. The molecule has 1 aromatic carbocycles. The molecular weight excluding hydrogens is 253 g/mol. The maximum Gasteiger partial charge on any atom is 0.145 e. The zero-order chi connectivity index (χ0) is 13.9. The summed E-state index contributed by atoms with van der Waals surface area (Å²) in [5.74, 6) is -0.347. The molecule has 3 rings (SSSR count). The Morgan fingerprint density at radius 3 is 2.85 bits per heavy atom. The third-order valence-electron chi connectivity index (χ3n) is 4.25. The van der Waals surface area contributed by atoms with Crippen LogP contribution in [0.3, 0.4) is 0 Å². The van der Waals surface area contributed by atoms with Crippen molar-refractivity contribution in [2.45, 2.75) is 44.3 Å². The summed E-state index contributed by atoms with van der Waals surface area (Å²) in [6, 6.07) is 8.17. The first-order valence-corrected chi connectivity index (χ1v) is 7.43. The van der Waals surface area contributed by atoms with E-state index in [0.717, 1.165) is 13.1 Å². The Balaban J connectivity index is 1.71. The van der Waals surface area contributed by atoms with Crippen LogP contribution in [0.1, 0.15) is 36.8 Å². The number of halogens is 1. The van der Waals surface area contributed by atoms with Crippen LogP contribution in [-0.4, -0.2) is 30.1 Å². The average molecular weight is 273 g/mol. The lowest BCUT2D eigenvalue weighted by Gasteiger charge is -2.25. The molecule has 1 aliphatic carbocycles. The highest BCUT2D eigenvalue weighted by atomic mass is 19.1. The highest BCUT2D eigenvalue weighted by Crippen LogP contribution is 2.29. The quantitative estimate of drug-likeness (QED) is 0.895. The van der Waals surface area contributed by atoms with Crippen LogP contribution in [-0.2, 0) is 6.54 Å². The molecule has 4 heteroatoms. The van der Waals surface area contributed by atoms with Gasteiger partial charge in [0.05, 0.1) is 5.56 Å².